The van der Waals surface area contributed by atoms with E-state index in [0.29, 0.717) is 5.69 Å². The van der Waals surface area contributed by atoms with Crippen molar-refractivity contribution in [3.8, 4) is 0 Å². The van der Waals surface area contributed by atoms with E-state index in [1.54, 1.807) is 0 Å². The predicted molar refractivity (Wildman–Crippen MR) is 109 cm³/mol. The fourth-order valence-electron chi connectivity index (χ4n) is 3.27. The smallest absolute Gasteiger partial charge is 0.241 e. The van der Waals surface area contributed by atoms with Crippen molar-refractivity contribution in [1.29, 1.82) is 0 Å². The molecule has 1 amide bonds. The van der Waals surface area contributed by atoms with Gasteiger partial charge in [-0.3, -0.25) is 9.69 Å². The van der Waals surface area contributed by atoms with Crippen molar-refractivity contribution < 1.29 is 9.18 Å². The molecule has 3 rings (SSSR count). The lowest BCUT2D eigenvalue weighted by Crippen LogP contribution is -2.53. The van der Waals surface area contributed by atoms with E-state index in [4.69, 9.17) is 23.2 Å². The van der Waals surface area contributed by atoms with Gasteiger partial charge in [-0.1, -0.05) is 29.3 Å². The van der Waals surface area contributed by atoms with Gasteiger partial charge in [0.15, 0.2) is 0 Å². The third kappa shape index (κ3) is 4.72. The minimum absolute atomic E-state index is 0.157. The number of hydrogen-bond acceptors (Lipinski definition) is 3. The Morgan fingerprint density at radius 1 is 1.11 bits per heavy atom. The molecule has 0 unspecified atom stereocenters. The van der Waals surface area contributed by atoms with E-state index in [-0.39, 0.29) is 17.0 Å². The maximum atomic E-state index is 13.1. The number of amides is 1. The van der Waals surface area contributed by atoms with Crippen molar-refractivity contribution in [3.63, 3.8) is 0 Å². The van der Waals surface area contributed by atoms with Crippen molar-refractivity contribution in [1.82, 2.24) is 4.90 Å². The first kappa shape index (κ1) is 19.9. The van der Waals surface area contributed by atoms with Crippen LogP contribution >= 0.6 is 23.2 Å². The van der Waals surface area contributed by atoms with Crippen LogP contribution < -0.4 is 10.2 Å². The van der Waals surface area contributed by atoms with Crippen molar-refractivity contribution in [3.05, 3.63) is 57.8 Å². The lowest BCUT2D eigenvalue weighted by Gasteiger charge is -2.39. The number of piperazine rings is 1. The molecule has 0 spiro atoms. The zero-order valence-corrected chi connectivity index (χ0v) is 16.8. The number of nitrogens with zero attached hydrogens (tertiary/aromatic N) is 2. The van der Waals surface area contributed by atoms with Crippen LogP contribution in [0.1, 0.15) is 12.5 Å². The number of hydrogen-bond donors (Lipinski definition) is 1. The van der Waals surface area contributed by atoms with E-state index in [2.05, 4.69) is 22.0 Å². The largest absolute Gasteiger partial charge is 0.369 e. The third-order valence-electron chi connectivity index (χ3n) is 4.94. The number of benzene rings is 2. The molecule has 2 aromatic carbocycles. The normalized spacial score (nSPS) is 16.3. The highest BCUT2D eigenvalue weighted by Crippen LogP contribution is 2.26. The van der Waals surface area contributed by atoms with Crippen LogP contribution in [0.4, 0.5) is 15.8 Å². The number of halogens is 3. The molecule has 0 aromatic heterocycles. The summed E-state index contributed by atoms with van der Waals surface area (Å²) in [5.74, 6) is -0.589. The fraction of sp³-hybridized carbons (Fsp3) is 0.350. The molecule has 1 heterocycles. The van der Waals surface area contributed by atoms with Gasteiger partial charge in [-0.05, 0) is 49.7 Å². The highest BCUT2D eigenvalue weighted by molar-refractivity contribution is 6.33. The van der Waals surface area contributed by atoms with Crippen LogP contribution in [0.5, 0.6) is 0 Å². The van der Waals surface area contributed by atoms with Gasteiger partial charge in [-0.2, -0.15) is 0 Å². The third-order valence-corrected chi connectivity index (χ3v) is 5.49. The molecule has 0 aliphatic carbocycles. The zero-order valence-electron chi connectivity index (χ0n) is 15.3. The minimum Gasteiger partial charge on any atom is -0.369 e. The molecule has 1 aliphatic heterocycles. The van der Waals surface area contributed by atoms with Gasteiger partial charge < -0.3 is 10.2 Å². The Labute approximate surface area is 168 Å². The topological polar surface area (TPSA) is 35.6 Å². The van der Waals surface area contributed by atoms with Crippen molar-refractivity contribution in [2.24, 2.45) is 0 Å². The summed E-state index contributed by atoms with van der Waals surface area (Å²) in [5, 5.41) is 3.70. The van der Waals surface area contributed by atoms with Gasteiger partial charge in [0.25, 0.3) is 0 Å². The summed E-state index contributed by atoms with van der Waals surface area (Å²) in [5.41, 5.74) is 2.74. The lowest BCUT2D eigenvalue weighted by atomic mass is 10.1. The van der Waals surface area contributed by atoms with Crippen LogP contribution in [0.2, 0.25) is 10.0 Å². The second-order valence-electron chi connectivity index (χ2n) is 6.74. The number of anilines is 2. The standard InChI is InChI=1S/C20H22Cl2FN3O/c1-13-3-4-15(21)11-19(13)26-9-7-25(8-10-26)14(2)20(27)24-18-6-5-16(23)12-17(18)22/h3-6,11-12,14H,7-10H2,1-2H3,(H,24,27)/t14-/m0/s1. The molecule has 1 atom stereocenters. The molecular weight excluding hydrogens is 388 g/mol. The molecule has 144 valence electrons. The van der Waals surface area contributed by atoms with Gasteiger partial charge in [0.2, 0.25) is 5.91 Å². The highest BCUT2D eigenvalue weighted by Gasteiger charge is 2.26. The van der Waals surface area contributed by atoms with Crippen LogP contribution in [-0.2, 0) is 4.79 Å². The molecule has 2 aromatic rings. The van der Waals surface area contributed by atoms with Gasteiger partial charge in [-0.25, -0.2) is 4.39 Å². The van der Waals surface area contributed by atoms with E-state index in [9.17, 15) is 9.18 Å². The molecule has 0 bridgehead atoms. The first-order valence-corrected chi connectivity index (χ1v) is 9.62. The van der Waals surface area contributed by atoms with Crippen LogP contribution in [0, 0.1) is 12.7 Å². The second-order valence-corrected chi connectivity index (χ2v) is 7.59. The number of carbonyl (C=O) groups is 1. The number of aryl methyl sites for hydroxylation is 1. The summed E-state index contributed by atoms with van der Waals surface area (Å²) in [4.78, 5) is 17.0. The van der Waals surface area contributed by atoms with Crippen molar-refractivity contribution in [2.75, 3.05) is 36.4 Å². The summed E-state index contributed by atoms with van der Waals surface area (Å²) in [7, 11) is 0. The lowest BCUT2D eigenvalue weighted by molar-refractivity contribution is -0.120. The number of nitrogens with one attached hydrogen (secondary N) is 1. The molecule has 1 N–H and O–H groups in total. The first-order valence-electron chi connectivity index (χ1n) is 8.86. The molecule has 1 saturated heterocycles. The molecule has 0 saturated carbocycles. The molecule has 27 heavy (non-hydrogen) atoms. The Morgan fingerprint density at radius 3 is 2.48 bits per heavy atom. The van der Waals surface area contributed by atoms with Crippen LogP contribution in [0.25, 0.3) is 0 Å². The van der Waals surface area contributed by atoms with Gasteiger partial charge in [0.1, 0.15) is 5.82 Å². The van der Waals surface area contributed by atoms with Crippen molar-refractivity contribution >= 4 is 40.5 Å². The van der Waals surface area contributed by atoms with Crippen LogP contribution in [0.15, 0.2) is 36.4 Å². The molecule has 7 heteroatoms. The molecule has 0 radical (unpaired) electrons. The highest BCUT2D eigenvalue weighted by atomic mass is 35.5. The van der Waals surface area contributed by atoms with Crippen LogP contribution in [0.3, 0.4) is 0 Å². The first-order chi connectivity index (χ1) is 12.8. The molecule has 4 nitrogen and oxygen atoms in total. The Kier molecular flexibility index (Phi) is 6.25. The monoisotopic (exact) mass is 409 g/mol. The van der Waals surface area contributed by atoms with Gasteiger partial charge >= 0.3 is 0 Å². The van der Waals surface area contributed by atoms with E-state index >= 15 is 0 Å². The Morgan fingerprint density at radius 2 is 1.81 bits per heavy atom. The number of carbonyl (C=O) groups excluding carboxylic acids is 1. The molecule has 1 aliphatic rings. The molecular formula is C20H22Cl2FN3O. The Bertz CT molecular complexity index is 838. The Balaban J connectivity index is 1.60. The SMILES string of the molecule is Cc1ccc(Cl)cc1N1CCN([C@@H](C)C(=O)Nc2ccc(F)cc2Cl)CC1. The molecule has 1 fully saturated rings. The van der Waals surface area contributed by atoms with E-state index in [0.717, 1.165) is 36.9 Å². The average molecular weight is 410 g/mol. The summed E-state index contributed by atoms with van der Waals surface area (Å²) < 4.78 is 13.1. The Hall–Kier alpha value is -1.82. The van der Waals surface area contributed by atoms with E-state index < -0.39 is 5.82 Å². The predicted octanol–water partition coefficient (Wildman–Crippen LogP) is 4.59. The summed E-state index contributed by atoms with van der Waals surface area (Å²) in [6.07, 6.45) is 0. The van der Waals surface area contributed by atoms with Crippen molar-refractivity contribution in [2.45, 2.75) is 19.9 Å². The minimum atomic E-state index is -0.432. The zero-order chi connectivity index (χ0) is 19.6. The van der Waals surface area contributed by atoms with Gasteiger partial charge in [0.05, 0.1) is 16.8 Å². The van der Waals surface area contributed by atoms with E-state index in [1.807, 2.05) is 25.1 Å². The van der Waals surface area contributed by atoms with Crippen LogP contribution in [-0.4, -0.2) is 43.0 Å². The summed E-state index contributed by atoms with van der Waals surface area (Å²) in [6, 6.07) is 9.53. The second kappa shape index (κ2) is 8.46. The van der Waals surface area contributed by atoms with E-state index in [1.165, 1.54) is 23.8 Å². The average Bonchev–Trinajstić information content (AvgIpc) is 2.65. The summed E-state index contributed by atoms with van der Waals surface area (Å²) in [6.45, 7) is 7.09. The number of rotatable bonds is 4. The maximum Gasteiger partial charge on any atom is 0.241 e. The summed E-state index contributed by atoms with van der Waals surface area (Å²) >= 11 is 12.1. The maximum absolute atomic E-state index is 13.1. The van der Waals surface area contributed by atoms with Gasteiger partial charge in [0, 0.05) is 36.9 Å². The van der Waals surface area contributed by atoms with Gasteiger partial charge in [-0.15, -0.1) is 0 Å². The quantitative estimate of drug-likeness (QED) is 0.801. The fourth-order valence-corrected chi connectivity index (χ4v) is 3.65.